The topological polar surface area (TPSA) is 252 Å². The number of likely N-dealkylation sites (N-methyl/N-ethyl adjacent to an activating group) is 1. The number of Topliss-reactive ketones (excluding diaryl/α,β-unsaturated/α-hetero) is 2. The van der Waals surface area contributed by atoms with Crippen LogP contribution in [0.4, 0.5) is 11.9 Å². The Bertz CT molecular complexity index is 2650. The molecule has 0 bridgehead atoms. The van der Waals surface area contributed by atoms with E-state index in [1.807, 2.05) is 23.7 Å². The maximum Gasteiger partial charge on any atom is 0.336 e. The molecule has 4 N–H and O–H groups in total. The number of nitrogens with zero attached hydrogens (tertiary/aromatic N) is 7. The van der Waals surface area contributed by atoms with Gasteiger partial charge in [-0.3, -0.25) is 18.9 Å². The molecule has 1 aromatic heterocycles. The minimum Gasteiger partial charge on any atom is -0.508 e. The molecule has 19 nitrogen and oxygen atoms in total. The normalized spacial score (nSPS) is 13.4. The number of rotatable bonds is 26. The molecule has 0 saturated carbocycles. The van der Waals surface area contributed by atoms with Crippen LogP contribution in [0.2, 0.25) is 0 Å². The molecule has 1 saturated heterocycles. The molecule has 2 aromatic carbocycles. The zero-order valence-electron chi connectivity index (χ0n) is 43.6. The van der Waals surface area contributed by atoms with Crippen molar-refractivity contribution < 1.29 is 47.8 Å². The van der Waals surface area contributed by atoms with E-state index in [9.17, 15) is 38.8 Å². The standard InChI is InChI=1S/C24H45N8O5P.C20H12O5.C9H18O/c1-6-7-8-10-20(33)11-9-16-36-17-18-37-24-27-22(30(4)19-21(25)34)26-23(28-24)31-12-14-32(15-13-31)38(5,35)29(2)3;21-11-5-7-15-17(9-11)25-18-10-12(22)6-8-16(18)19(15)13-3-1-2-4-14(13)20(23)24;1-3-4-5-6-7-8-9(2)10/h6-19H2,1-5H3,(H2,25,34);1-10,21H,(H,23,24);3-8H2,1-2H3. The Balaban J connectivity index is 0.000000280. The Kier molecular flexibility index (Phi) is 24.4. The van der Waals surface area contributed by atoms with Gasteiger partial charge in [-0.15, -0.1) is 0 Å². The Morgan fingerprint density at radius 1 is 0.795 bits per heavy atom. The number of carbonyl (C=O) groups is 4. The number of amides is 1. The summed E-state index contributed by atoms with van der Waals surface area (Å²) in [6, 6.07) is 15.8. The average Bonchev–Trinajstić information content (AvgIpc) is 3.35. The predicted octanol–water partition coefficient (Wildman–Crippen LogP) is 8.53. The highest BCUT2D eigenvalue weighted by atomic mass is 31.2. The Morgan fingerprint density at radius 2 is 1.47 bits per heavy atom. The smallest absolute Gasteiger partial charge is 0.336 e. The predicted molar refractivity (Wildman–Crippen MR) is 285 cm³/mol. The number of hydrogen-bond donors (Lipinski definition) is 3. The van der Waals surface area contributed by atoms with Gasteiger partial charge >= 0.3 is 12.0 Å². The Morgan fingerprint density at radius 3 is 2.14 bits per heavy atom. The first-order valence-corrected chi connectivity index (χ1v) is 27.2. The van der Waals surface area contributed by atoms with E-state index in [2.05, 4.69) is 28.8 Å². The lowest BCUT2D eigenvalue weighted by Gasteiger charge is -2.39. The van der Waals surface area contributed by atoms with Crippen molar-refractivity contribution in [1.29, 1.82) is 0 Å². The number of primary amides is 1. The first-order valence-electron chi connectivity index (χ1n) is 25.1. The third kappa shape index (κ3) is 18.9. The van der Waals surface area contributed by atoms with E-state index in [4.69, 9.17) is 19.6 Å². The number of nitrogens with two attached hydrogens (primary N) is 1. The van der Waals surface area contributed by atoms with Crippen LogP contribution in [0.3, 0.4) is 0 Å². The van der Waals surface area contributed by atoms with Crippen LogP contribution in [0.25, 0.3) is 33.4 Å². The summed E-state index contributed by atoms with van der Waals surface area (Å²) < 4.78 is 33.9. The van der Waals surface area contributed by atoms with Crippen molar-refractivity contribution in [2.45, 2.75) is 97.8 Å². The van der Waals surface area contributed by atoms with Gasteiger partial charge in [0.1, 0.15) is 35.3 Å². The van der Waals surface area contributed by atoms with Gasteiger partial charge in [-0.1, -0.05) is 70.6 Å². The maximum absolute atomic E-state index is 13.0. The SMILES string of the molecule is CCCCCC(=O)CCCOCCOc1nc(N(C)CC(N)=O)nc(N2CCN(P(C)(=O)N(C)C)CC2)n1.CCCCCCCC(C)=O.O=C(O)c1ccccc1-c1c2ccc(=O)cc-2oc2cc(O)ccc12. The van der Waals surface area contributed by atoms with Crippen LogP contribution in [0.1, 0.15) is 108 Å². The summed E-state index contributed by atoms with van der Waals surface area (Å²) in [6.45, 7) is 11.1. The van der Waals surface area contributed by atoms with E-state index in [1.165, 1.54) is 60.9 Å². The Hall–Kier alpha value is -6.27. The fourth-order valence-electron chi connectivity index (χ4n) is 7.91. The number of carboxylic acids is 1. The molecule has 0 radical (unpaired) electrons. The summed E-state index contributed by atoms with van der Waals surface area (Å²) in [7, 11) is 2.73. The second-order valence-electron chi connectivity index (χ2n) is 18.3. The number of hydrogen-bond acceptors (Lipinski definition) is 15. The van der Waals surface area contributed by atoms with E-state index >= 15 is 0 Å². The number of ether oxygens (including phenoxy) is 2. The molecule has 20 heteroatoms. The number of aromatic carboxylic acids is 1. The van der Waals surface area contributed by atoms with Crippen molar-refractivity contribution in [3.05, 3.63) is 76.5 Å². The lowest BCUT2D eigenvalue weighted by molar-refractivity contribution is -0.119. The summed E-state index contributed by atoms with van der Waals surface area (Å²) in [5.74, 6) is 0.0982. The molecule has 3 heterocycles. The molecule has 0 spiro atoms. The van der Waals surface area contributed by atoms with Gasteiger partial charge in [-0.25, -0.2) is 14.1 Å². The van der Waals surface area contributed by atoms with E-state index < -0.39 is 19.3 Å². The fourth-order valence-corrected chi connectivity index (χ4v) is 9.34. The molecular weight excluding hydrogens is 956 g/mol. The first-order chi connectivity index (χ1) is 34.9. The third-order valence-corrected chi connectivity index (χ3v) is 15.1. The Labute approximate surface area is 428 Å². The second kappa shape index (κ2) is 30.1. The minimum absolute atomic E-state index is 0.0198. The highest BCUT2D eigenvalue weighted by molar-refractivity contribution is 7.58. The highest BCUT2D eigenvalue weighted by Gasteiger charge is 2.32. The molecule has 1 fully saturated rings. The molecule has 73 heavy (non-hydrogen) atoms. The fraction of sp³-hybridized carbons (Fsp3) is 0.509. The van der Waals surface area contributed by atoms with Gasteiger partial charge in [0.05, 0.1) is 18.7 Å². The van der Waals surface area contributed by atoms with Gasteiger partial charge in [0.25, 0.3) is 0 Å². The quantitative estimate of drug-likeness (QED) is 0.0266. The number of fused-ring (bicyclic) bond motifs is 2. The monoisotopic (exact) mass is 1030 g/mol. The number of piperazine rings is 1. The van der Waals surface area contributed by atoms with Crippen LogP contribution in [-0.2, 0) is 23.7 Å². The number of unbranched alkanes of at least 4 members (excludes halogenated alkanes) is 6. The third-order valence-electron chi connectivity index (χ3n) is 12.1. The lowest BCUT2D eigenvalue weighted by atomic mass is 9.91. The molecule has 1 aliphatic carbocycles. The van der Waals surface area contributed by atoms with Crippen LogP contribution >= 0.6 is 7.44 Å². The van der Waals surface area contributed by atoms with Crippen LogP contribution < -0.4 is 25.7 Å². The number of ketones is 2. The van der Waals surface area contributed by atoms with Gasteiger partial charge in [0, 0.05) is 94.4 Å². The summed E-state index contributed by atoms with van der Waals surface area (Å²) in [5.41, 5.74) is 7.45. The molecule has 1 amide bonds. The molecule has 3 aromatic rings. The minimum atomic E-state index is -2.58. The molecule has 2 aliphatic heterocycles. The number of aromatic hydroxyl groups is 1. The molecule has 1 unspecified atom stereocenters. The van der Waals surface area contributed by atoms with E-state index in [1.54, 1.807) is 55.6 Å². The first kappa shape index (κ1) is 59.3. The number of carboxylic acid groups (broad SMARTS) is 1. The van der Waals surface area contributed by atoms with Crippen molar-refractivity contribution in [2.24, 2.45) is 5.73 Å². The van der Waals surface area contributed by atoms with Gasteiger partial charge in [-0.05, 0) is 76.2 Å². The van der Waals surface area contributed by atoms with E-state index in [-0.39, 0.29) is 47.6 Å². The maximum atomic E-state index is 13.0. The number of anilines is 2. The molecule has 3 aliphatic rings. The largest absolute Gasteiger partial charge is 0.508 e. The molecular formula is C53H75N8O11P. The van der Waals surface area contributed by atoms with Gasteiger partial charge in [-0.2, -0.15) is 15.0 Å². The van der Waals surface area contributed by atoms with E-state index in [0.717, 1.165) is 32.1 Å². The number of phenolic OH excluding ortho intramolecular Hbond substituents is 1. The summed E-state index contributed by atoms with van der Waals surface area (Å²) >= 11 is 0. The van der Waals surface area contributed by atoms with Crippen molar-refractivity contribution >= 4 is 53.8 Å². The van der Waals surface area contributed by atoms with Crippen LogP contribution in [0, 0.1) is 0 Å². The molecule has 1 atom stereocenters. The summed E-state index contributed by atoms with van der Waals surface area (Å²) in [6.07, 6.45) is 12.0. The zero-order chi connectivity index (χ0) is 53.5. The average molecular weight is 1030 g/mol. The van der Waals surface area contributed by atoms with Crippen molar-refractivity contribution in [3.63, 3.8) is 0 Å². The number of carbonyl (C=O) groups excluding carboxylic acids is 3. The van der Waals surface area contributed by atoms with Gasteiger partial charge in [0.2, 0.25) is 25.2 Å². The van der Waals surface area contributed by atoms with Crippen molar-refractivity contribution in [2.75, 3.05) is 90.2 Å². The zero-order valence-corrected chi connectivity index (χ0v) is 44.5. The number of aromatic nitrogens is 3. The van der Waals surface area contributed by atoms with Crippen LogP contribution in [0.5, 0.6) is 11.8 Å². The highest BCUT2D eigenvalue weighted by Crippen LogP contribution is 2.48. The van der Waals surface area contributed by atoms with Crippen molar-refractivity contribution in [1.82, 2.24) is 24.3 Å². The molecule has 6 rings (SSSR count). The number of phenols is 1. The molecule has 398 valence electrons. The summed E-state index contributed by atoms with van der Waals surface area (Å²) in [4.78, 5) is 74.0. The van der Waals surface area contributed by atoms with Crippen LogP contribution in [0.15, 0.2) is 69.9 Å². The van der Waals surface area contributed by atoms with Gasteiger partial charge < -0.3 is 44.4 Å². The number of benzene rings is 3. The van der Waals surface area contributed by atoms with E-state index in [0.29, 0.717) is 104 Å². The van der Waals surface area contributed by atoms with Crippen molar-refractivity contribution in [3.8, 4) is 34.2 Å². The lowest BCUT2D eigenvalue weighted by Crippen LogP contribution is -2.47. The van der Waals surface area contributed by atoms with Crippen LogP contribution in [-0.4, -0.2) is 138 Å². The van der Waals surface area contributed by atoms with Gasteiger partial charge in [0.15, 0.2) is 5.43 Å². The second-order valence-corrected chi connectivity index (χ2v) is 21.3. The summed E-state index contributed by atoms with van der Waals surface area (Å²) in [5, 5.41) is 19.9.